The van der Waals surface area contributed by atoms with Crippen LogP contribution in [0.25, 0.3) is 0 Å². The number of rotatable bonds is 4. The number of sulfonamides is 1. The normalized spacial score (nSPS) is 18.0. The van der Waals surface area contributed by atoms with Crippen LogP contribution in [-0.2, 0) is 14.8 Å². The maximum Gasteiger partial charge on any atom is 0.245 e. The molecule has 0 aliphatic carbocycles. The SMILES string of the molecule is COCC1CCN(S(=O)(=O)c2c(N)ccc(C)c2C)CC1. The maximum absolute atomic E-state index is 12.9. The third kappa shape index (κ3) is 3.22. The Balaban J connectivity index is 2.26. The molecule has 0 bridgehead atoms. The largest absolute Gasteiger partial charge is 0.398 e. The lowest BCUT2D eigenvalue weighted by Crippen LogP contribution is -2.39. The van der Waals surface area contributed by atoms with Gasteiger partial charge in [0, 0.05) is 26.8 Å². The van der Waals surface area contributed by atoms with E-state index < -0.39 is 10.0 Å². The van der Waals surface area contributed by atoms with Gasteiger partial charge in [-0.1, -0.05) is 6.07 Å². The van der Waals surface area contributed by atoms with E-state index in [0.717, 1.165) is 24.0 Å². The van der Waals surface area contributed by atoms with E-state index in [-0.39, 0.29) is 4.90 Å². The molecule has 0 radical (unpaired) electrons. The summed E-state index contributed by atoms with van der Waals surface area (Å²) in [5.41, 5.74) is 7.95. The van der Waals surface area contributed by atoms with Gasteiger partial charge in [0.15, 0.2) is 0 Å². The summed E-state index contributed by atoms with van der Waals surface area (Å²) >= 11 is 0. The summed E-state index contributed by atoms with van der Waals surface area (Å²) in [4.78, 5) is 0.271. The van der Waals surface area contributed by atoms with Crippen molar-refractivity contribution >= 4 is 15.7 Å². The molecule has 1 aliphatic rings. The van der Waals surface area contributed by atoms with Crippen molar-refractivity contribution in [3.8, 4) is 0 Å². The first-order valence-electron chi connectivity index (χ1n) is 7.22. The Morgan fingerprint density at radius 2 is 1.90 bits per heavy atom. The predicted octanol–water partition coefficient (Wildman–Crippen LogP) is 1.93. The zero-order chi connectivity index (χ0) is 15.6. The van der Waals surface area contributed by atoms with Crippen LogP contribution in [0.15, 0.2) is 17.0 Å². The van der Waals surface area contributed by atoms with Crippen molar-refractivity contribution in [2.24, 2.45) is 5.92 Å². The van der Waals surface area contributed by atoms with Gasteiger partial charge >= 0.3 is 0 Å². The van der Waals surface area contributed by atoms with E-state index in [9.17, 15) is 8.42 Å². The van der Waals surface area contributed by atoms with E-state index in [2.05, 4.69) is 0 Å². The highest BCUT2D eigenvalue weighted by Crippen LogP contribution is 2.30. The molecule has 0 atom stereocenters. The Morgan fingerprint density at radius 3 is 2.48 bits per heavy atom. The van der Waals surface area contributed by atoms with E-state index in [1.54, 1.807) is 17.5 Å². The van der Waals surface area contributed by atoms with Crippen LogP contribution < -0.4 is 5.73 Å². The lowest BCUT2D eigenvalue weighted by atomic mass is 9.99. The molecule has 1 heterocycles. The molecule has 1 aromatic carbocycles. The molecule has 0 saturated carbocycles. The van der Waals surface area contributed by atoms with Gasteiger partial charge in [0.2, 0.25) is 10.0 Å². The molecule has 0 unspecified atom stereocenters. The van der Waals surface area contributed by atoms with Crippen LogP contribution in [0.2, 0.25) is 0 Å². The number of aryl methyl sites for hydroxylation is 1. The number of nitrogen functional groups attached to an aromatic ring is 1. The van der Waals surface area contributed by atoms with Crippen molar-refractivity contribution in [1.82, 2.24) is 4.31 Å². The smallest absolute Gasteiger partial charge is 0.245 e. The highest BCUT2D eigenvalue weighted by Gasteiger charge is 2.32. The van der Waals surface area contributed by atoms with Gasteiger partial charge in [-0.3, -0.25) is 0 Å². The highest BCUT2D eigenvalue weighted by molar-refractivity contribution is 7.89. The maximum atomic E-state index is 12.9. The van der Waals surface area contributed by atoms with Crippen molar-refractivity contribution in [1.29, 1.82) is 0 Å². The molecule has 1 fully saturated rings. The van der Waals surface area contributed by atoms with Crippen molar-refractivity contribution in [3.63, 3.8) is 0 Å². The minimum absolute atomic E-state index is 0.271. The average molecular weight is 312 g/mol. The molecular formula is C15H24N2O3S. The molecule has 2 rings (SSSR count). The van der Waals surface area contributed by atoms with Gasteiger partial charge < -0.3 is 10.5 Å². The second-order valence-electron chi connectivity index (χ2n) is 5.73. The predicted molar refractivity (Wildman–Crippen MR) is 83.7 cm³/mol. The topological polar surface area (TPSA) is 72.6 Å². The number of nitrogens with zero attached hydrogens (tertiary/aromatic N) is 1. The molecule has 0 spiro atoms. The molecule has 0 amide bonds. The summed E-state index contributed by atoms with van der Waals surface area (Å²) in [6.45, 7) is 5.47. The van der Waals surface area contributed by atoms with Crippen molar-refractivity contribution in [2.75, 3.05) is 32.5 Å². The molecule has 2 N–H and O–H groups in total. The summed E-state index contributed by atoms with van der Waals surface area (Å²) in [7, 11) is -1.84. The van der Waals surface area contributed by atoms with Gasteiger partial charge in [0.1, 0.15) is 4.90 Å². The number of methoxy groups -OCH3 is 1. The van der Waals surface area contributed by atoms with Crippen molar-refractivity contribution < 1.29 is 13.2 Å². The summed E-state index contributed by atoms with van der Waals surface area (Å²) in [5, 5.41) is 0. The minimum Gasteiger partial charge on any atom is -0.398 e. The number of piperidine rings is 1. The van der Waals surface area contributed by atoms with Gasteiger partial charge in [-0.15, -0.1) is 0 Å². The number of ether oxygens (including phenoxy) is 1. The molecule has 5 nitrogen and oxygen atoms in total. The Hall–Kier alpha value is -1.11. The number of hydrogen-bond donors (Lipinski definition) is 1. The Labute approximate surface area is 127 Å². The van der Waals surface area contributed by atoms with Gasteiger partial charge in [0.25, 0.3) is 0 Å². The third-order valence-corrected chi connectivity index (χ3v) is 6.38. The van der Waals surface area contributed by atoms with E-state index in [1.165, 1.54) is 0 Å². The Bertz CT molecular complexity index is 606. The summed E-state index contributed by atoms with van der Waals surface area (Å²) in [6.07, 6.45) is 1.66. The van der Waals surface area contributed by atoms with Crippen LogP contribution >= 0.6 is 0 Å². The molecular weight excluding hydrogens is 288 g/mol. The summed E-state index contributed by atoms with van der Waals surface area (Å²) < 4.78 is 32.4. The highest BCUT2D eigenvalue weighted by atomic mass is 32.2. The van der Waals surface area contributed by atoms with E-state index in [4.69, 9.17) is 10.5 Å². The van der Waals surface area contributed by atoms with E-state index in [0.29, 0.717) is 31.3 Å². The quantitative estimate of drug-likeness (QED) is 0.862. The lowest BCUT2D eigenvalue weighted by molar-refractivity contribution is 0.121. The molecule has 1 aliphatic heterocycles. The fourth-order valence-corrected chi connectivity index (χ4v) is 4.70. The number of hydrogen-bond acceptors (Lipinski definition) is 4. The van der Waals surface area contributed by atoms with E-state index in [1.807, 2.05) is 19.9 Å². The number of benzene rings is 1. The van der Waals surface area contributed by atoms with Crippen LogP contribution in [0, 0.1) is 19.8 Å². The Morgan fingerprint density at radius 1 is 1.29 bits per heavy atom. The molecule has 1 saturated heterocycles. The van der Waals surface area contributed by atoms with Gasteiger partial charge in [0.05, 0.1) is 5.69 Å². The molecule has 6 heteroatoms. The molecule has 21 heavy (non-hydrogen) atoms. The molecule has 118 valence electrons. The lowest BCUT2D eigenvalue weighted by Gasteiger charge is -2.31. The van der Waals surface area contributed by atoms with Crippen LogP contribution in [0.1, 0.15) is 24.0 Å². The van der Waals surface area contributed by atoms with Gasteiger partial charge in [-0.05, 0) is 49.8 Å². The standard InChI is InChI=1S/C15H24N2O3S/c1-11-4-5-14(16)15(12(11)2)21(18,19)17-8-6-13(7-9-17)10-20-3/h4-5,13H,6-10,16H2,1-3H3. The third-order valence-electron chi connectivity index (χ3n) is 4.28. The van der Waals surface area contributed by atoms with Gasteiger partial charge in [-0.2, -0.15) is 4.31 Å². The van der Waals surface area contributed by atoms with Crippen LogP contribution in [0.4, 0.5) is 5.69 Å². The second kappa shape index (κ2) is 6.34. The second-order valence-corrected chi connectivity index (χ2v) is 7.60. The van der Waals surface area contributed by atoms with Crippen LogP contribution in [-0.4, -0.2) is 39.5 Å². The van der Waals surface area contributed by atoms with Gasteiger partial charge in [-0.25, -0.2) is 8.42 Å². The zero-order valence-electron chi connectivity index (χ0n) is 12.9. The minimum atomic E-state index is -3.52. The number of anilines is 1. The summed E-state index contributed by atoms with van der Waals surface area (Å²) in [6, 6.07) is 3.53. The fraction of sp³-hybridized carbons (Fsp3) is 0.600. The number of nitrogens with two attached hydrogens (primary N) is 1. The monoisotopic (exact) mass is 312 g/mol. The first-order chi connectivity index (χ1) is 9.87. The molecule has 1 aromatic rings. The first kappa shape index (κ1) is 16.3. The van der Waals surface area contributed by atoms with Crippen molar-refractivity contribution in [2.45, 2.75) is 31.6 Å². The van der Waals surface area contributed by atoms with Crippen LogP contribution in [0.3, 0.4) is 0 Å². The Kier molecular flexibility index (Phi) is 4.91. The zero-order valence-corrected chi connectivity index (χ0v) is 13.7. The summed E-state index contributed by atoms with van der Waals surface area (Å²) in [5.74, 6) is 0.442. The molecule has 0 aromatic heterocycles. The van der Waals surface area contributed by atoms with E-state index >= 15 is 0 Å². The average Bonchev–Trinajstić information content (AvgIpc) is 2.44. The van der Waals surface area contributed by atoms with Crippen LogP contribution in [0.5, 0.6) is 0 Å². The first-order valence-corrected chi connectivity index (χ1v) is 8.66. The fourth-order valence-electron chi connectivity index (χ4n) is 2.83. The van der Waals surface area contributed by atoms with Crippen molar-refractivity contribution in [3.05, 3.63) is 23.3 Å².